The van der Waals surface area contributed by atoms with Crippen LogP contribution < -0.4 is 0 Å². The standard InChI is InChI=1S/C14H12O6/c15-9-3-1-8(2-4-9)11-6-5-10(16)7-14(11,12(17)18)13(19)20/h1-6,15-16H,7H2,(H,17,18)(H,19,20). The first kappa shape index (κ1) is 13.7. The molecule has 0 amide bonds. The highest BCUT2D eigenvalue weighted by Crippen LogP contribution is 2.43. The first-order valence-electron chi connectivity index (χ1n) is 5.74. The first-order valence-corrected chi connectivity index (χ1v) is 5.74. The van der Waals surface area contributed by atoms with E-state index in [0.29, 0.717) is 5.56 Å². The highest BCUT2D eigenvalue weighted by Gasteiger charge is 2.52. The van der Waals surface area contributed by atoms with Gasteiger partial charge < -0.3 is 20.4 Å². The number of aliphatic carboxylic acids is 2. The number of benzene rings is 1. The predicted molar refractivity (Wildman–Crippen MR) is 69.1 cm³/mol. The summed E-state index contributed by atoms with van der Waals surface area (Å²) in [4.78, 5) is 23.0. The second-order valence-corrected chi connectivity index (χ2v) is 4.48. The molecule has 1 aliphatic carbocycles. The quantitative estimate of drug-likeness (QED) is 0.625. The first-order chi connectivity index (χ1) is 9.37. The molecule has 1 aliphatic rings. The highest BCUT2D eigenvalue weighted by atomic mass is 16.4. The van der Waals surface area contributed by atoms with Crippen LogP contribution in [0.4, 0.5) is 0 Å². The van der Waals surface area contributed by atoms with Crippen LogP contribution in [-0.2, 0) is 9.59 Å². The van der Waals surface area contributed by atoms with Gasteiger partial charge in [0.1, 0.15) is 5.75 Å². The lowest BCUT2D eigenvalue weighted by Crippen LogP contribution is -2.42. The van der Waals surface area contributed by atoms with Gasteiger partial charge in [-0.2, -0.15) is 0 Å². The number of allylic oxidation sites excluding steroid dienone is 3. The molecule has 0 aliphatic heterocycles. The van der Waals surface area contributed by atoms with Crippen LogP contribution in [0, 0.1) is 5.41 Å². The van der Waals surface area contributed by atoms with Crippen LogP contribution in [0.25, 0.3) is 5.57 Å². The molecule has 0 spiro atoms. The van der Waals surface area contributed by atoms with Gasteiger partial charge in [-0.15, -0.1) is 0 Å². The summed E-state index contributed by atoms with van der Waals surface area (Å²) in [6.07, 6.45) is 2.02. The molecule has 6 nitrogen and oxygen atoms in total. The summed E-state index contributed by atoms with van der Waals surface area (Å²) < 4.78 is 0. The van der Waals surface area contributed by atoms with Crippen molar-refractivity contribution in [3.8, 4) is 5.75 Å². The molecule has 6 heteroatoms. The molecule has 20 heavy (non-hydrogen) atoms. The van der Waals surface area contributed by atoms with Crippen molar-refractivity contribution in [2.24, 2.45) is 5.41 Å². The summed E-state index contributed by atoms with van der Waals surface area (Å²) in [7, 11) is 0. The maximum atomic E-state index is 11.5. The van der Waals surface area contributed by atoms with Gasteiger partial charge in [-0.3, -0.25) is 9.59 Å². The number of hydrogen-bond donors (Lipinski definition) is 4. The fourth-order valence-corrected chi connectivity index (χ4v) is 2.20. The molecule has 4 N–H and O–H groups in total. The lowest BCUT2D eigenvalue weighted by Gasteiger charge is -2.30. The molecular formula is C14H12O6. The maximum absolute atomic E-state index is 11.5. The Balaban J connectivity index is 2.64. The monoisotopic (exact) mass is 276 g/mol. The minimum atomic E-state index is -2.24. The van der Waals surface area contributed by atoms with Gasteiger partial charge in [-0.1, -0.05) is 18.2 Å². The van der Waals surface area contributed by atoms with Crippen LogP contribution in [0.15, 0.2) is 42.2 Å². The summed E-state index contributed by atoms with van der Waals surface area (Å²) >= 11 is 0. The summed E-state index contributed by atoms with van der Waals surface area (Å²) in [5.41, 5.74) is -1.83. The number of carboxylic acid groups (broad SMARTS) is 2. The highest BCUT2D eigenvalue weighted by molar-refractivity contribution is 6.11. The van der Waals surface area contributed by atoms with Crippen molar-refractivity contribution < 1.29 is 30.0 Å². The third-order valence-corrected chi connectivity index (χ3v) is 3.26. The molecular weight excluding hydrogens is 264 g/mol. The number of phenols is 1. The Morgan fingerprint density at radius 1 is 0.950 bits per heavy atom. The summed E-state index contributed by atoms with van der Waals surface area (Å²) in [6.45, 7) is 0. The Morgan fingerprint density at radius 3 is 2.00 bits per heavy atom. The van der Waals surface area contributed by atoms with Gasteiger partial charge in [0.05, 0.1) is 5.76 Å². The van der Waals surface area contributed by atoms with Gasteiger partial charge in [0, 0.05) is 6.42 Å². The van der Waals surface area contributed by atoms with Crippen molar-refractivity contribution in [2.75, 3.05) is 0 Å². The van der Waals surface area contributed by atoms with Crippen molar-refractivity contribution in [3.63, 3.8) is 0 Å². The third-order valence-electron chi connectivity index (χ3n) is 3.26. The van der Waals surface area contributed by atoms with E-state index in [2.05, 4.69) is 0 Å². The summed E-state index contributed by atoms with van der Waals surface area (Å²) in [6, 6.07) is 5.53. The Bertz CT molecular complexity index is 610. The fraction of sp³-hybridized carbons (Fsp3) is 0.143. The molecule has 0 unspecified atom stereocenters. The third kappa shape index (κ3) is 2.01. The number of phenolic OH excluding ortho intramolecular Hbond substituents is 1. The zero-order valence-electron chi connectivity index (χ0n) is 10.3. The molecule has 0 saturated carbocycles. The molecule has 0 fully saturated rings. The second-order valence-electron chi connectivity index (χ2n) is 4.48. The Hall–Kier alpha value is -2.76. The summed E-state index contributed by atoms with van der Waals surface area (Å²) in [5.74, 6) is -3.43. The molecule has 1 aromatic carbocycles. The van der Waals surface area contributed by atoms with E-state index in [1.807, 2.05) is 0 Å². The smallest absolute Gasteiger partial charge is 0.326 e. The average molecular weight is 276 g/mol. The van der Waals surface area contributed by atoms with Crippen LogP contribution in [0.3, 0.4) is 0 Å². The van der Waals surface area contributed by atoms with E-state index in [4.69, 9.17) is 0 Å². The van der Waals surface area contributed by atoms with Crippen LogP contribution in [0.5, 0.6) is 5.75 Å². The SMILES string of the molecule is O=C(O)C1(C(=O)O)CC(O)=CC=C1c1ccc(O)cc1. The normalized spacial score (nSPS) is 17.0. The Kier molecular flexibility index (Phi) is 3.23. The van der Waals surface area contributed by atoms with Crippen LogP contribution in [-0.4, -0.2) is 32.4 Å². The topological polar surface area (TPSA) is 115 Å². The van der Waals surface area contributed by atoms with Crippen molar-refractivity contribution in [2.45, 2.75) is 6.42 Å². The number of carbonyl (C=O) groups is 2. The Labute approximate surface area is 113 Å². The molecule has 104 valence electrons. The fourth-order valence-electron chi connectivity index (χ4n) is 2.20. The van der Waals surface area contributed by atoms with E-state index in [9.17, 15) is 30.0 Å². The van der Waals surface area contributed by atoms with Crippen LogP contribution in [0.1, 0.15) is 12.0 Å². The zero-order valence-corrected chi connectivity index (χ0v) is 10.3. The van der Waals surface area contributed by atoms with Crippen LogP contribution in [0.2, 0.25) is 0 Å². The largest absolute Gasteiger partial charge is 0.512 e. The molecule has 0 radical (unpaired) electrons. The number of aliphatic hydroxyl groups excluding tert-OH is 1. The maximum Gasteiger partial charge on any atom is 0.326 e. The number of aromatic hydroxyl groups is 1. The van der Waals surface area contributed by atoms with E-state index >= 15 is 0 Å². The molecule has 0 aromatic heterocycles. The number of carboxylic acids is 2. The van der Waals surface area contributed by atoms with E-state index in [1.54, 1.807) is 0 Å². The van der Waals surface area contributed by atoms with Gasteiger partial charge in [0.2, 0.25) is 0 Å². The van der Waals surface area contributed by atoms with Gasteiger partial charge >= 0.3 is 11.9 Å². The summed E-state index contributed by atoms with van der Waals surface area (Å²) in [5, 5.41) is 37.5. The zero-order chi connectivity index (χ0) is 14.9. The van der Waals surface area contributed by atoms with E-state index in [0.717, 1.165) is 0 Å². The van der Waals surface area contributed by atoms with E-state index in [-0.39, 0.29) is 17.1 Å². The lowest BCUT2D eigenvalue weighted by molar-refractivity contribution is -0.160. The van der Waals surface area contributed by atoms with Gasteiger partial charge in [-0.05, 0) is 29.3 Å². The van der Waals surface area contributed by atoms with Crippen molar-refractivity contribution in [1.29, 1.82) is 0 Å². The molecule has 0 heterocycles. The van der Waals surface area contributed by atoms with Crippen molar-refractivity contribution in [3.05, 3.63) is 47.7 Å². The lowest BCUT2D eigenvalue weighted by atomic mass is 9.71. The van der Waals surface area contributed by atoms with Gasteiger partial charge in [-0.25, -0.2) is 0 Å². The molecule has 0 bridgehead atoms. The molecule has 0 saturated heterocycles. The minimum absolute atomic E-state index is 0.0141. The Morgan fingerprint density at radius 2 is 1.50 bits per heavy atom. The van der Waals surface area contributed by atoms with Crippen LogP contribution >= 0.6 is 0 Å². The molecule has 0 atom stereocenters. The van der Waals surface area contributed by atoms with E-state index < -0.39 is 23.8 Å². The number of rotatable bonds is 3. The number of hydrogen-bond acceptors (Lipinski definition) is 4. The van der Waals surface area contributed by atoms with Crippen molar-refractivity contribution >= 4 is 17.5 Å². The predicted octanol–water partition coefficient (Wildman–Crippen LogP) is 1.78. The minimum Gasteiger partial charge on any atom is -0.512 e. The van der Waals surface area contributed by atoms with Gasteiger partial charge in [0.25, 0.3) is 0 Å². The average Bonchev–Trinajstić information content (AvgIpc) is 2.39. The second kappa shape index (κ2) is 4.73. The molecule has 2 rings (SSSR count). The van der Waals surface area contributed by atoms with E-state index in [1.165, 1.54) is 36.4 Å². The van der Waals surface area contributed by atoms with Gasteiger partial charge in [0.15, 0.2) is 5.41 Å². The van der Waals surface area contributed by atoms with Crippen molar-refractivity contribution in [1.82, 2.24) is 0 Å². The number of aliphatic hydroxyl groups is 1. The molecule has 1 aromatic rings.